The zero-order valence-electron chi connectivity index (χ0n) is 13.5. The molecule has 26 heavy (non-hydrogen) atoms. The molecule has 7 nitrogen and oxygen atoms in total. The second-order valence-electron chi connectivity index (χ2n) is 5.99. The molecule has 0 bridgehead atoms. The molecule has 2 aliphatic heterocycles. The van der Waals surface area contributed by atoms with E-state index in [9.17, 15) is 15.7 Å². The van der Waals surface area contributed by atoms with E-state index in [2.05, 4.69) is 0 Å². The highest BCUT2D eigenvalue weighted by atomic mass is 35.5. The highest BCUT2D eigenvalue weighted by Crippen LogP contribution is 2.33. The lowest BCUT2D eigenvalue weighted by Gasteiger charge is -2.33. The number of nitrogens with zero attached hydrogens (tertiary/aromatic N) is 2. The summed E-state index contributed by atoms with van der Waals surface area (Å²) < 4.78 is 11.4. The Morgan fingerprint density at radius 3 is 2.42 bits per heavy atom. The normalized spacial score (nSPS) is 23.0. The quantitative estimate of drug-likeness (QED) is 0.645. The van der Waals surface area contributed by atoms with E-state index in [-0.39, 0.29) is 22.1 Å². The second kappa shape index (κ2) is 6.68. The van der Waals surface area contributed by atoms with E-state index in [0.717, 1.165) is 0 Å². The first kappa shape index (κ1) is 17.0. The van der Waals surface area contributed by atoms with Crippen molar-refractivity contribution in [3.63, 3.8) is 0 Å². The van der Waals surface area contributed by atoms with Gasteiger partial charge in [-0.25, -0.2) is 0 Å². The van der Waals surface area contributed by atoms with Crippen LogP contribution in [0, 0.1) is 21.7 Å². The van der Waals surface area contributed by atoms with Crippen molar-refractivity contribution in [3.8, 4) is 6.07 Å². The predicted molar refractivity (Wildman–Crippen MR) is 93.2 cm³/mol. The van der Waals surface area contributed by atoms with Crippen LogP contribution >= 0.6 is 11.6 Å². The molecule has 1 fully saturated rings. The fourth-order valence-electron chi connectivity index (χ4n) is 3.22. The molecule has 0 aromatic heterocycles. The van der Waals surface area contributed by atoms with Gasteiger partial charge in [-0.1, -0.05) is 23.7 Å². The highest BCUT2D eigenvalue weighted by molar-refractivity contribution is 6.30. The molecule has 1 saturated heterocycles. The Kier molecular flexibility index (Phi) is 4.36. The van der Waals surface area contributed by atoms with E-state index in [1.165, 1.54) is 0 Å². The maximum Gasteiger partial charge on any atom is 0.335 e. The smallest absolute Gasteiger partial charge is 0.335 e. The minimum atomic E-state index is -0.952. The molecule has 132 valence electrons. The van der Waals surface area contributed by atoms with Crippen molar-refractivity contribution in [2.24, 2.45) is 0 Å². The highest BCUT2D eigenvalue weighted by Gasteiger charge is 2.41. The van der Waals surface area contributed by atoms with Gasteiger partial charge in [0.05, 0.1) is 13.2 Å². The summed E-state index contributed by atoms with van der Waals surface area (Å²) in [6, 6.07) is 12.3. The Morgan fingerprint density at radius 1 is 1.12 bits per heavy atom. The van der Waals surface area contributed by atoms with Crippen molar-refractivity contribution in [3.05, 3.63) is 69.0 Å². The number of hydroxylamine groups is 1. The van der Waals surface area contributed by atoms with Crippen LogP contribution in [0.5, 0.6) is 0 Å². The number of hydrogen-bond acceptors (Lipinski definition) is 5. The Morgan fingerprint density at radius 2 is 1.77 bits per heavy atom. The summed E-state index contributed by atoms with van der Waals surface area (Å²) in [5.41, 5.74) is 1.41. The summed E-state index contributed by atoms with van der Waals surface area (Å²) >= 11 is 5.89. The molecule has 2 aromatic rings. The summed E-state index contributed by atoms with van der Waals surface area (Å²) in [5.74, 6) is 0. The zero-order chi connectivity index (χ0) is 18.3. The third-order valence-corrected chi connectivity index (χ3v) is 4.72. The maximum absolute atomic E-state index is 13.0. The van der Waals surface area contributed by atoms with Crippen LogP contribution in [0.4, 0.5) is 11.4 Å². The van der Waals surface area contributed by atoms with Gasteiger partial charge < -0.3 is 25.0 Å². The van der Waals surface area contributed by atoms with Gasteiger partial charge in [0.2, 0.25) is 11.7 Å². The number of quaternary nitrogens is 1. The van der Waals surface area contributed by atoms with Crippen molar-refractivity contribution in [1.29, 1.82) is 5.26 Å². The molecule has 2 aromatic carbocycles. The molecule has 0 amide bonds. The Labute approximate surface area is 154 Å². The SMILES string of the molecule is N#CC1=[N+]([O-])c2cc(C3OCCO3)ccc2[NH+]([O-])C1c1ccc(Cl)cc1. The molecule has 2 atom stereocenters. The van der Waals surface area contributed by atoms with Crippen LogP contribution in [-0.2, 0) is 9.47 Å². The summed E-state index contributed by atoms with van der Waals surface area (Å²) in [7, 11) is 0. The number of fused-ring (bicyclic) bond motifs is 1. The van der Waals surface area contributed by atoms with Crippen LogP contribution in [0.3, 0.4) is 0 Å². The summed E-state index contributed by atoms with van der Waals surface area (Å²) in [6.45, 7) is 0.936. The number of rotatable bonds is 2. The number of nitrogens with one attached hydrogen (secondary N) is 1. The van der Waals surface area contributed by atoms with Crippen molar-refractivity contribution < 1.29 is 19.3 Å². The minimum absolute atomic E-state index is 0.133. The molecule has 0 radical (unpaired) electrons. The van der Waals surface area contributed by atoms with Crippen LogP contribution in [0.1, 0.15) is 23.5 Å². The topological polar surface area (TPSA) is 95.8 Å². The predicted octanol–water partition coefficient (Wildman–Crippen LogP) is 2.26. The average molecular weight is 372 g/mol. The van der Waals surface area contributed by atoms with E-state index < -0.39 is 12.3 Å². The average Bonchev–Trinajstić information content (AvgIpc) is 3.20. The van der Waals surface area contributed by atoms with Crippen molar-refractivity contribution in [2.75, 3.05) is 13.2 Å². The lowest BCUT2D eigenvalue weighted by atomic mass is 9.98. The van der Waals surface area contributed by atoms with Gasteiger partial charge in [-0.2, -0.15) is 5.26 Å². The fourth-order valence-corrected chi connectivity index (χ4v) is 3.35. The molecule has 0 aliphatic carbocycles. The number of nitriles is 1. The van der Waals surface area contributed by atoms with E-state index in [1.807, 2.05) is 6.07 Å². The van der Waals surface area contributed by atoms with Crippen LogP contribution < -0.4 is 5.06 Å². The van der Waals surface area contributed by atoms with Crippen molar-refractivity contribution in [2.45, 2.75) is 12.3 Å². The largest absolute Gasteiger partial charge is 0.628 e. The molecular weight excluding hydrogens is 358 g/mol. The van der Waals surface area contributed by atoms with Gasteiger partial charge in [0.25, 0.3) is 5.69 Å². The first-order chi connectivity index (χ1) is 12.6. The fraction of sp³-hybridized carbons (Fsp3) is 0.222. The second-order valence-corrected chi connectivity index (χ2v) is 6.43. The van der Waals surface area contributed by atoms with E-state index in [0.29, 0.717) is 34.1 Å². The van der Waals surface area contributed by atoms with Gasteiger partial charge in [-0.05, 0) is 18.2 Å². The first-order valence-corrected chi connectivity index (χ1v) is 8.39. The molecule has 1 N–H and O–H groups in total. The van der Waals surface area contributed by atoms with E-state index >= 15 is 0 Å². The van der Waals surface area contributed by atoms with Gasteiger partial charge in [-0.15, -0.1) is 4.74 Å². The summed E-state index contributed by atoms with van der Waals surface area (Å²) in [5, 5.41) is 35.6. The minimum Gasteiger partial charge on any atom is -0.628 e. The Bertz CT molecular complexity index is 917. The summed E-state index contributed by atoms with van der Waals surface area (Å²) in [6.07, 6.45) is -0.566. The molecule has 0 spiro atoms. The van der Waals surface area contributed by atoms with Crippen molar-refractivity contribution >= 4 is 28.7 Å². The Balaban J connectivity index is 1.81. The maximum atomic E-state index is 13.0. The van der Waals surface area contributed by atoms with Crippen molar-refractivity contribution in [1.82, 2.24) is 0 Å². The molecule has 4 rings (SSSR count). The third kappa shape index (κ3) is 2.74. The molecule has 2 heterocycles. The summed E-state index contributed by atoms with van der Waals surface area (Å²) in [4.78, 5) is 0. The molecule has 2 aliphatic rings. The lowest BCUT2D eigenvalue weighted by Crippen LogP contribution is -3.04. The standard InChI is InChI=1S/C18H14ClN3O4/c19-13-4-1-11(2-5-13)17-16(10-20)21(23)15-9-12(18-25-7-8-26-18)3-6-14(15)22(17)24/h1-6,9,17-18,22H,7-8H2. The van der Waals surface area contributed by atoms with Gasteiger partial charge in [0.15, 0.2) is 12.4 Å². The van der Waals surface area contributed by atoms with Crippen LogP contribution in [0.15, 0.2) is 42.5 Å². The van der Waals surface area contributed by atoms with Gasteiger partial charge in [0, 0.05) is 28.3 Å². The van der Waals surface area contributed by atoms with E-state index in [1.54, 1.807) is 42.5 Å². The van der Waals surface area contributed by atoms with E-state index in [4.69, 9.17) is 21.1 Å². The molecule has 8 heteroatoms. The molecule has 2 unspecified atom stereocenters. The number of halogens is 1. The Hall–Kier alpha value is -2.47. The van der Waals surface area contributed by atoms with Crippen LogP contribution in [0.2, 0.25) is 5.02 Å². The first-order valence-electron chi connectivity index (χ1n) is 8.01. The number of hydrogen-bond donors (Lipinski definition) is 1. The van der Waals surface area contributed by atoms with Crippen LogP contribution in [0.25, 0.3) is 0 Å². The third-order valence-electron chi connectivity index (χ3n) is 4.47. The number of ether oxygens (including phenoxy) is 2. The van der Waals surface area contributed by atoms with Gasteiger partial charge >= 0.3 is 5.71 Å². The van der Waals surface area contributed by atoms with Gasteiger partial charge in [-0.3, -0.25) is 0 Å². The van der Waals surface area contributed by atoms with Crippen LogP contribution in [-0.4, -0.2) is 23.7 Å². The molecule has 0 saturated carbocycles. The van der Waals surface area contributed by atoms with Gasteiger partial charge in [0.1, 0.15) is 0 Å². The zero-order valence-corrected chi connectivity index (χ0v) is 14.3. The number of benzene rings is 2. The molecular formula is C18H14ClN3O4. The monoisotopic (exact) mass is 371 g/mol. The lowest BCUT2D eigenvalue weighted by molar-refractivity contribution is -0.808.